The summed E-state index contributed by atoms with van der Waals surface area (Å²) in [6.45, 7) is 0. The fourth-order valence-corrected chi connectivity index (χ4v) is 18.3. The van der Waals surface area contributed by atoms with Gasteiger partial charge in [0.25, 0.3) is 0 Å². The number of fused-ring (bicyclic) bond motifs is 26. The molecule has 0 N–H and O–H groups in total. The molecule has 8 heterocycles. The molecule has 8 aromatic heterocycles. The van der Waals surface area contributed by atoms with Crippen molar-refractivity contribution in [2.75, 3.05) is 0 Å². The Hall–Kier alpha value is -10.7. The maximum atomic E-state index is 5.03. The first-order chi connectivity index (χ1) is 43.2. The van der Waals surface area contributed by atoms with Gasteiger partial charge in [-0.1, -0.05) is 91.0 Å². The van der Waals surface area contributed by atoms with Gasteiger partial charge in [-0.2, -0.15) is 0 Å². The molecule has 8 heteroatoms. The fraction of sp³-hybridized carbons (Fsp3) is 0. The Bertz CT molecular complexity index is 6270. The topological polar surface area (TPSA) is 53.5 Å². The van der Waals surface area contributed by atoms with E-state index in [1.54, 1.807) is 0 Å². The normalized spacial score (nSPS) is 12.1. The van der Waals surface area contributed by atoms with Gasteiger partial charge >= 0.3 is 236 Å². The summed E-state index contributed by atoms with van der Waals surface area (Å²) in [5.74, 6) is 0. The molecule has 0 amide bonds. The van der Waals surface area contributed by atoms with E-state index in [4.69, 9.17) is 9.97 Å². The quantitative estimate of drug-likeness (QED) is 0.165. The molecule has 404 valence electrons. The molecule has 20 aromatic rings. The van der Waals surface area contributed by atoms with E-state index in [0.29, 0.717) is 0 Å². The molecule has 6 nitrogen and oxygen atoms in total. The van der Waals surface area contributed by atoms with Crippen LogP contribution in [0.15, 0.2) is 280 Å². The van der Waals surface area contributed by atoms with Crippen LogP contribution < -0.4 is 0 Å². The van der Waals surface area contributed by atoms with Crippen LogP contribution in [0.1, 0.15) is 0 Å². The van der Waals surface area contributed by atoms with Crippen molar-refractivity contribution < 1.29 is 0 Å². The van der Waals surface area contributed by atoms with Crippen molar-refractivity contribution in [1.82, 2.24) is 28.7 Å². The standard InChI is InChI=1S/C43H25N3S.C36H21N3Se/c1-2-12-27(13-3-1)45-34-18-8-6-15-30(34)33-25-28(21-23-35(33)45)46-36-22-20-26-11-4-5-14-29(26)38(36)39-32-17-10-24-44-41(32)43-40(42(39)46)31-16-7-9-19-37(31)47-43;1-2-11-25-24(10-1)23(22-9-7-19-37-21-22)17-18-30(25)39-29-15-5-3-12-26(29)32-28-14-8-20-38-34(28)36-33(35(32)39)27-13-4-6-16-31(27)40-36/h1-25H;1-21H. The number of rotatable bonds is 4. The molecule has 0 saturated carbocycles. The number of benzene rings is 12. The number of hydrogen-bond donors (Lipinski definition) is 0. The molecule has 0 saturated heterocycles. The Balaban J connectivity index is 0.000000128. The van der Waals surface area contributed by atoms with Crippen LogP contribution in [0.5, 0.6) is 0 Å². The van der Waals surface area contributed by atoms with Gasteiger partial charge in [-0.05, 0) is 65.4 Å². The molecular weight excluding hydrogens is 1140 g/mol. The number of nitrogens with zero attached hydrogens (tertiary/aromatic N) is 6. The second kappa shape index (κ2) is 18.9. The minimum absolute atomic E-state index is 0.195. The zero-order valence-electron chi connectivity index (χ0n) is 46.6. The number of aromatic nitrogens is 6. The van der Waals surface area contributed by atoms with Gasteiger partial charge in [0.15, 0.2) is 0 Å². The van der Waals surface area contributed by atoms with E-state index in [0.717, 1.165) is 22.3 Å². The fourth-order valence-electron chi connectivity index (χ4n) is 14.5. The molecule has 0 aliphatic carbocycles. The number of thiophene rings is 1. The van der Waals surface area contributed by atoms with Crippen LogP contribution in [-0.2, 0) is 0 Å². The summed E-state index contributed by atoms with van der Waals surface area (Å²) in [6.07, 6.45) is 7.66. The van der Waals surface area contributed by atoms with Gasteiger partial charge in [0.2, 0.25) is 0 Å². The maximum absolute atomic E-state index is 5.03. The molecular formula is C79H46N6SSe. The molecule has 0 aliphatic heterocycles. The van der Waals surface area contributed by atoms with Gasteiger partial charge < -0.3 is 9.13 Å². The Kier molecular flexibility index (Phi) is 10.6. The van der Waals surface area contributed by atoms with Crippen LogP contribution in [-0.4, -0.2) is 43.2 Å². The Morgan fingerprint density at radius 1 is 0.345 bits per heavy atom. The van der Waals surface area contributed by atoms with Gasteiger partial charge in [0.05, 0.1) is 32.3 Å². The molecule has 0 spiro atoms. The van der Waals surface area contributed by atoms with Crippen molar-refractivity contribution in [3.63, 3.8) is 0 Å². The van der Waals surface area contributed by atoms with Crippen LogP contribution in [0.3, 0.4) is 0 Å². The average Bonchev–Trinajstić information content (AvgIpc) is 1.93. The summed E-state index contributed by atoms with van der Waals surface area (Å²) in [5, 5.41) is 20.2. The third kappa shape index (κ3) is 7.00. The van der Waals surface area contributed by atoms with E-state index < -0.39 is 0 Å². The average molecular weight is 1190 g/mol. The van der Waals surface area contributed by atoms with Crippen LogP contribution >= 0.6 is 11.3 Å². The number of hydrogen-bond acceptors (Lipinski definition) is 4. The molecule has 0 bridgehead atoms. The van der Waals surface area contributed by atoms with Crippen molar-refractivity contribution >= 4 is 174 Å². The van der Waals surface area contributed by atoms with Crippen molar-refractivity contribution in [2.45, 2.75) is 0 Å². The molecule has 0 unspecified atom stereocenters. The Morgan fingerprint density at radius 3 is 1.80 bits per heavy atom. The van der Waals surface area contributed by atoms with Gasteiger partial charge in [-0.15, -0.1) is 11.3 Å². The first kappa shape index (κ1) is 48.6. The van der Waals surface area contributed by atoms with Gasteiger partial charge in [0.1, 0.15) is 0 Å². The molecule has 12 aromatic carbocycles. The van der Waals surface area contributed by atoms with Crippen LogP contribution in [0.4, 0.5) is 0 Å². The van der Waals surface area contributed by atoms with E-state index in [1.165, 1.54) is 154 Å². The molecule has 87 heavy (non-hydrogen) atoms. The molecule has 0 aliphatic rings. The first-order valence-corrected chi connectivity index (χ1v) is 31.9. The van der Waals surface area contributed by atoms with Crippen molar-refractivity contribution in [3.05, 3.63) is 280 Å². The molecule has 0 radical (unpaired) electrons. The summed E-state index contributed by atoms with van der Waals surface area (Å²) in [7, 11) is 0. The summed E-state index contributed by atoms with van der Waals surface area (Å²) >= 11 is 2.04. The Labute approximate surface area is 507 Å². The van der Waals surface area contributed by atoms with Gasteiger partial charge in [-0.3, -0.25) is 4.98 Å². The van der Waals surface area contributed by atoms with Crippen molar-refractivity contribution in [3.8, 4) is 28.2 Å². The molecule has 0 fully saturated rings. The molecule has 0 atom stereocenters. The predicted molar refractivity (Wildman–Crippen MR) is 370 cm³/mol. The monoisotopic (exact) mass is 1190 g/mol. The second-order valence-electron chi connectivity index (χ2n) is 22.5. The van der Waals surface area contributed by atoms with E-state index in [9.17, 15) is 0 Å². The third-order valence-corrected chi connectivity index (χ3v) is 21.7. The van der Waals surface area contributed by atoms with Crippen LogP contribution in [0.25, 0.3) is 176 Å². The van der Waals surface area contributed by atoms with Crippen LogP contribution in [0.2, 0.25) is 0 Å². The van der Waals surface area contributed by atoms with E-state index in [-0.39, 0.29) is 14.5 Å². The van der Waals surface area contributed by atoms with Gasteiger partial charge in [0, 0.05) is 60.0 Å². The predicted octanol–water partition coefficient (Wildman–Crippen LogP) is 20.9. The SMILES string of the molecule is c1ccc(-n2c3ccccc3c3cc(-n4c5ccc6ccccc6c5c5c6cccnc6c6sc7ccccc7c6c54)ccc32)cc1.c1cncc(-c2ccc(-n3c4ccccc4c4c5cccnc5c5[se]c6ccccc6c5c43)c3ccccc23)c1. The first-order valence-electron chi connectivity index (χ1n) is 29.4. The summed E-state index contributed by atoms with van der Waals surface area (Å²) in [4.78, 5) is 14.4. The minimum atomic E-state index is 0.195. The third-order valence-electron chi connectivity index (χ3n) is 18.0. The van der Waals surface area contributed by atoms with Gasteiger partial charge in [-0.25, -0.2) is 0 Å². The van der Waals surface area contributed by atoms with E-state index in [2.05, 4.69) is 267 Å². The summed E-state index contributed by atoms with van der Waals surface area (Å²) in [5.41, 5.74) is 15.4. The van der Waals surface area contributed by atoms with Crippen LogP contribution in [0, 0.1) is 0 Å². The van der Waals surface area contributed by atoms with Crippen molar-refractivity contribution in [2.24, 2.45) is 0 Å². The molecule has 20 rings (SSSR count). The zero-order valence-corrected chi connectivity index (χ0v) is 49.1. The second-order valence-corrected chi connectivity index (χ2v) is 25.8. The van der Waals surface area contributed by atoms with Crippen molar-refractivity contribution in [1.29, 1.82) is 0 Å². The van der Waals surface area contributed by atoms with E-state index >= 15 is 0 Å². The van der Waals surface area contributed by atoms with E-state index in [1.807, 2.05) is 42.2 Å². The summed E-state index contributed by atoms with van der Waals surface area (Å²) in [6, 6.07) is 92.6. The Morgan fingerprint density at radius 2 is 0.977 bits per heavy atom. The number of para-hydroxylation sites is 3. The summed E-state index contributed by atoms with van der Waals surface area (Å²) < 4.78 is 12.8. The number of pyridine rings is 3. The zero-order chi connectivity index (χ0) is 56.8.